The first-order valence-corrected chi connectivity index (χ1v) is 5.06. The normalized spacial score (nSPS) is 11.9. The van der Waals surface area contributed by atoms with Crippen LogP contribution < -0.4 is 10.1 Å². The number of amides is 1. The quantitative estimate of drug-likeness (QED) is 0.761. The predicted molar refractivity (Wildman–Crippen MR) is 59.4 cm³/mol. The largest absolute Gasteiger partial charge is 0.481 e. The second kappa shape index (κ2) is 6.07. The molecule has 0 radical (unpaired) electrons. The molecule has 1 rings (SSSR count). The molecule has 1 aromatic rings. The van der Waals surface area contributed by atoms with Gasteiger partial charge in [0.05, 0.1) is 12.7 Å². The molecule has 0 saturated carbocycles. The van der Waals surface area contributed by atoms with E-state index in [4.69, 9.17) is 9.84 Å². The van der Waals surface area contributed by atoms with Gasteiger partial charge in [0.1, 0.15) is 0 Å². The Balaban J connectivity index is 2.52. The summed E-state index contributed by atoms with van der Waals surface area (Å²) in [5.41, 5.74) is 0.478. The first-order valence-electron chi connectivity index (χ1n) is 5.06. The van der Waals surface area contributed by atoms with Gasteiger partial charge in [-0.05, 0) is 12.0 Å². The topological polar surface area (TPSA) is 71.5 Å². The number of hydrogen-bond donors (Lipinski definition) is 2. The number of carbonyl (C=O) groups is 1. The molecule has 1 aromatic heterocycles. The Hall–Kier alpha value is -1.62. The minimum atomic E-state index is -0.199. The van der Waals surface area contributed by atoms with Crippen molar-refractivity contribution >= 4 is 5.91 Å². The van der Waals surface area contributed by atoms with E-state index in [9.17, 15) is 4.79 Å². The minimum Gasteiger partial charge on any atom is -0.481 e. The molecule has 5 heteroatoms. The van der Waals surface area contributed by atoms with E-state index < -0.39 is 0 Å². The van der Waals surface area contributed by atoms with Crippen LogP contribution >= 0.6 is 0 Å². The summed E-state index contributed by atoms with van der Waals surface area (Å²) in [6.07, 6.45) is 1.46. The zero-order valence-electron chi connectivity index (χ0n) is 9.43. The number of ether oxygens (including phenoxy) is 1. The fourth-order valence-electron chi connectivity index (χ4n) is 1.07. The van der Waals surface area contributed by atoms with E-state index in [2.05, 4.69) is 10.3 Å². The van der Waals surface area contributed by atoms with Crippen LogP contribution in [0.2, 0.25) is 0 Å². The second-order valence-corrected chi connectivity index (χ2v) is 3.59. The maximum atomic E-state index is 11.6. The number of aromatic nitrogens is 1. The van der Waals surface area contributed by atoms with E-state index in [-0.39, 0.29) is 18.4 Å². The van der Waals surface area contributed by atoms with Gasteiger partial charge in [-0.2, -0.15) is 0 Å². The SMILES string of the molecule is COc1ccc(C(=O)NCC(C)CO)cn1. The van der Waals surface area contributed by atoms with Gasteiger partial charge in [-0.15, -0.1) is 0 Å². The van der Waals surface area contributed by atoms with E-state index in [0.717, 1.165) is 0 Å². The number of methoxy groups -OCH3 is 1. The Morgan fingerprint density at radius 3 is 2.88 bits per heavy atom. The molecule has 1 atom stereocenters. The summed E-state index contributed by atoms with van der Waals surface area (Å²) in [5, 5.41) is 11.5. The highest BCUT2D eigenvalue weighted by Gasteiger charge is 2.07. The summed E-state index contributed by atoms with van der Waals surface area (Å²) in [6, 6.07) is 3.27. The average molecular weight is 224 g/mol. The first-order chi connectivity index (χ1) is 7.67. The monoisotopic (exact) mass is 224 g/mol. The van der Waals surface area contributed by atoms with Gasteiger partial charge in [0.2, 0.25) is 5.88 Å². The van der Waals surface area contributed by atoms with Gasteiger partial charge in [0.25, 0.3) is 5.91 Å². The Morgan fingerprint density at radius 1 is 1.62 bits per heavy atom. The lowest BCUT2D eigenvalue weighted by Gasteiger charge is -2.09. The van der Waals surface area contributed by atoms with Crippen LogP contribution in [-0.2, 0) is 0 Å². The lowest BCUT2D eigenvalue weighted by Crippen LogP contribution is -2.29. The number of pyridine rings is 1. The molecule has 0 aromatic carbocycles. The zero-order chi connectivity index (χ0) is 12.0. The van der Waals surface area contributed by atoms with Crippen molar-refractivity contribution in [1.29, 1.82) is 0 Å². The zero-order valence-corrected chi connectivity index (χ0v) is 9.43. The molecule has 2 N–H and O–H groups in total. The number of aliphatic hydroxyl groups excluding tert-OH is 1. The van der Waals surface area contributed by atoms with E-state index in [1.54, 1.807) is 12.1 Å². The minimum absolute atomic E-state index is 0.0511. The van der Waals surface area contributed by atoms with Crippen molar-refractivity contribution in [3.63, 3.8) is 0 Å². The lowest BCUT2D eigenvalue weighted by atomic mass is 10.2. The van der Waals surface area contributed by atoms with Crippen LogP contribution in [0.25, 0.3) is 0 Å². The van der Waals surface area contributed by atoms with Crippen LogP contribution in [0.3, 0.4) is 0 Å². The average Bonchev–Trinajstić information content (AvgIpc) is 2.35. The summed E-state index contributed by atoms with van der Waals surface area (Å²) >= 11 is 0. The highest BCUT2D eigenvalue weighted by Crippen LogP contribution is 2.06. The van der Waals surface area contributed by atoms with Gasteiger partial charge < -0.3 is 15.2 Å². The van der Waals surface area contributed by atoms with Crippen LogP contribution in [0.15, 0.2) is 18.3 Å². The molecule has 0 saturated heterocycles. The van der Waals surface area contributed by atoms with Crippen molar-refractivity contribution in [2.45, 2.75) is 6.92 Å². The molecule has 0 aliphatic heterocycles. The van der Waals surface area contributed by atoms with Gasteiger partial charge in [-0.25, -0.2) is 4.98 Å². The van der Waals surface area contributed by atoms with Gasteiger partial charge >= 0.3 is 0 Å². The third-order valence-electron chi connectivity index (χ3n) is 2.13. The summed E-state index contributed by atoms with van der Waals surface area (Å²) in [5.74, 6) is 0.325. The summed E-state index contributed by atoms with van der Waals surface area (Å²) in [6.45, 7) is 2.36. The molecular formula is C11H16N2O3. The number of aliphatic hydroxyl groups is 1. The molecule has 0 spiro atoms. The predicted octanol–water partition coefficient (Wildman–Crippen LogP) is 0.448. The maximum Gasteiger partial charge on any atom is 0.252 e. The molecule has 1 unspecified atom stereocenters. The van der Waals surface area contributed by atoms with Crippen LogP contribution in [0.1, 0.15) is 17.3 Å². The molecule has 1 heterocycles. The fourth-order valence-corrected chi connectivity index (χ4v) is 1.07. The van der Waals surface area contributed by atoms with Crippen LogP contribution in [0, 0.1) is 5.92 Å². The highest BCUT2D eigenvalue weighted by molar-refractivity contribution is 5.93. The third kappa shape index (κ3) is 3.51. The number of carbonyl (C=O) groups excluding carboxylic acids is 1. The van der Waals surface area contributed by atoms with E-state index in [1.165, 1.54) is 13.3 Å². The molecule has 16 heavy (non-hydrogen) atoms. The molecule has 0 aliphatic carbocycles. The van der Waals surface area contributed by atoms with E-state index in [0.29, 0.717) is 18.0 Å². The number of hydrogen-bond acceptors (Lipinski definition) is 4. The van der Waals surface area contributed by atoms with Gasteiger partial charge in [-0.3, -0.25) is 4.79 Å². The molecule has 5 nitrogen and oxygen atoms in total. The number of nitrogens with zero attached hydrogens (tertiary/aromatic N) is 1. The molecule has 0 fully saturated rings. The Kier molecular flexibility index (Phi) is 4.72. The summed E-state index contributed by atoms with van der Waals surface area (Å²) in [4.78, 5) is 15.5. The highest BCUT2D eigenvalue weighted by atomic mass is 16.5. The molecule has 1 amide bonds. The van der Waals surface area contributed by atoms with E-state index in [1.807, 2.05) is 6.92 Å². The first kappa shape index (κ1) is 12.4. The molecule has 0 aliphatic rings. The Labute approximate surface area is 94.5 Å². The van der Waals surface area contributed by atoms with Gasteiger partial charge in [0, 0.05) is 25.4 Å². The number of nitrogens with one attached hydrogen (secondary N) is 1. The Morgan fingerprint density at radius 2 is 2.38 bits per heavy atom. The van der Waals surface area contributed by atoms with Crippen LogP contribution in [-0.4, -0.2) is 36.3 Å². The lowest BCUT2D eigenvalue weighted by molar-refractivity contribution is 0.0942. The molecule has 88 valence electrons. The standard InChI is InChI=1S/C11H16N2O3/c1-8(7-14)5-13-11(15)9-3-4-10(16-2)12-6-9/h3-4,6,8,14H,5,7H2,1-2H3,(H,13,15). The van der Waals surface area contributed by atoms with Crippen molar-refractivity contribution in [3.05, 3.63) is 23.9 Å². The Bertz CT molecular complexity index is 338. The van der Waals surface area contributed by atoms with Crippen molar-refractivity contribution in [1.82, 2.24) is 10.3 Å². The second-order valence-electron chi connectivity index (χ2n) is 3.59. The third-order valence-corrected chi connectivity index (χ3v) is 2.13. The molecular weight excluding hydrogens is 208 g/mol. The maximum absolute atomic E-state index is 11.6. The van der Waals surface area contributed by atoms with Crippen molar-refractivity contribution < 1.29 is 14.6 Å². The number of rotatable bonds is 5. The van der Waals surface area contributed by atoms with Crippen molar-refractivity contribution in [2.75, 3.05) is 20.3 Å². The van der Waals surface area contributed by atoms with Crippen molar-refractivity contribution in [2.24, 2.45) is 5.92 Å². The van der Waals surface area contributed by atoms with E-state index >= 15 is 0 Å². The smallest absolute Gasteiger partial charge is 0.252 e. The molecule has 0 bridgehead atoms. The van der Waals surface area contributed by atoms with Gasteiger partial charge in [0.15, 0.2) is 0 Å². The van der Waals surface area contributed by atoms with Crippen LogP contribution in [0.4, 0.5) is 0 Å². The van der Waals surface area contributed by atoms with Crippen LogP contribution in [0.5, 0.6) is 5.88 Å². The summed E-state index contributed by atoms with van der Waals surface area (Å²) in [7, 11) is 1.52. The van der Waals surface area contributed by atoms with Gasteiger partial charge in [-0.1, -0.05) is 6.92 Å². The fraction of sp³-hybridized carbons (Fsp3) is 0.455. The van der Waals surface area contributed by atoms with Crippen molar-refractivity contribution in [3.8, 4) is 5.88 Å². The summed E-state index contributed by atoms with van der Waals surface area (Å²) < 4.78 is 4.89.